The van der Waals surface area contributed by atoms with E-state index in [4.69, 9.17) is 4.84 Å². The third-order valence-corrected chi connectivity index (χ3v) is 3.22. The molecule has 0 amide bonds. The van der Waals surface area contributed by atoms with E-state index < -0.39 is 0 Å². The minimum absolute atomic E-state index is 0.700. The van der Waals surface area contributed by atoms with Gasteiger partial charge in [0.2, 0.25) is 0 Å². The first-order valence-electron chi connectivity index (χ1n) is 6.22. The SMILES string of the molecule is C=C(CC)O/N=C(\C)c1ccc2c(c1)CCC2. The molecule has 2 heteroatoms. The van der Waals surface area contributed by atoms with Gasteiger partial charge in [0.05, 0.1) is 5.71 Å². The van der Waals surface area contributed by atoms with Gasteiger partial charge in [-0.05, 0) is 48.9 Å². The van der Waals surface area contributed by atoms with Gasteiger partial charge in [-0.1, -0.05) is 30.8 Å². The van der Waals surface area contributed by atoms with E-state index in [0.29, 0.717) is 5.76 Å². The van der Waals surface area contributed by atoms with Crippen LogP contribution in [0.25, 0.3) is 0 Å². The summed E-state index contributed by atoms with van der Waals surface area (Å²) >= 11 is 0. The van der Waals surface area contributed by atoms with Crippen LogP contribution in [-0.4, -0.2) is 5.71 Å². The van der Waals surface area contributed by atoms with Gasteiger partial charge in [-0.15, -0.1) is 0 Å². The highest BCUT2D eigenvalue weighted by Gasteiger charge is 2.11. The quantitative estimate of drug-likeness (QED) is 0.436. The van der Waals surface area contributed by atoms with Crippen LogP contribution in [0.3, 0.4) is 0 Å². The molecule has 0 heterocycles. The van der Waals surface area contributed by atoms with Gasteiger partial charge in [-0.2, -0.15) is 0 Å². The second kappa shape index (κ2) is 5.17. The number of nitrogens with zero attached hydrogens (tertiary/aromatic N) is 1. The van der Waals surface area contributed by atoms with Crippen molar-refractivity contribution in [2.24, 2.45) is 5.16 Å². The highest BCUT2D eigenvalue weighted by Crippen LogP contribution is 2.23. The fourth-order valence-electron chi connectivity index (χ4n) is 2.05. The normalized spacial score (nSPS) is 14.6. The Bertz CT molecular complexity index is 460. The van der Waals surface area contributed by atoms with Gasteiger partial charge in [-0.25, -0.2) is 0 Å². The summed E-state index contributed by atoms with van der Waals surface area (Å²) in [7, 11) is 0. The Morgan fingerprint density at radius 3 is 2.88 bits per heavy atom. The Kier molecular flexibility index (Phi) is 3.62. The third-order valence-electron chi connectivity index (χ3n) is 3.22. The summed E-state index contributed by atoms with van der Waals surface area (Å²) < 4.78 is 0. The lowest BCUT2D eigenvalue weighted by Gasteiger charge is -2.05. The van der Waals surface area contributed by atoms with Crippen molar-refractivity contribution >= 4 is 5.71 Å². The summed E-state index contributed by atoms with van der Waals surface area (Å²) in [4.78, 5) is 5.22. The molecule has 0 N–H and O–H groups in total. The van der Waals surface area contributed by atoms with Crippen LogP contribution < -0.4 is 0 Å². The molecular weight excluding hydrogens is 210 g/mol. The van der Waals surface area contributed by atoms with Gasteiger partial charge in [0.25, 0.3) is 0 Å². The molecule has 0 spiro atoms. The summed E-state index contributed by atoms with van der Waals surface area (Å²) in [5.74, 6) is 0.700. The predicted octanol–water partition coefficient (Wildman–Crippen LogP) is 3.84. The van der Waals surface area contributed by atoms with Crippen LogP contribution in [0.2, 0.25) is 0 Å². The van der Waals surface area contributed by atoms with Crippen molar-refractivity contribution in [2.45, 2.75) is 39.5 Å². The standard InChI is InChI=1S/C15H19NO/c1-4-11(2)17-16-12(3)14-9-8-13-6-5-7-15(13)10-14/h8-10H,2,4-7H2,1,3H3/b16-12+. The molecule has 0 saturated carbocycles. The van der Waals surface area contributed by atoms with Crippen molar-refractivity contribution in [3.63, 3.8) is 0 Å². The first-order chi connectivity index (χ1) is 8.20. The molecule has 1 aromatic carbocycles. The second-order valence-electron chi connectivity index (χ2n) is 4.50. The first-order valence-corrected chi connectivity index (χ1v) is 6.22. The summed E-state index contributed by atoms with van der Waals surface area (Å²) in [6.45, 7) is 7.74. The largest absolute Gasteiger partial charge is 0.362 e. The van der Waals surface area contributed by atoms with Crippen LogP contribution in [0.1, 0.15) is 43.4 Å². The summed E-state index contributed by atoms with van der Waals surface area (Å²) in [5, 5.41) is 4.11. The zero-order valence-corrected chi connectivity index (χ0v) is 10.6. The molecule has 0 fully saturated rings. The van der Waals surface area contributed by atoms with Crippen molar-refractivity contribution in [2.75, 3.05) is 0 Å². The van der Waals surface area contributed by atoms with E-state index in [1.807, 2.05) is 13.8 Å². The maximum atomic E-state index is 5.22. The van der Waals surface area contributed by atoms with Crippen LogP contribution in [0.5, 0.6) is 0 Å². The highest BCUT2D eigenvalue weighted by molar-refractivity contribution is 5.98. The average Bonchev–Trinajstić information content (AvgIpc) is 2.82. The molecule has 0 unspecified atom stereocenters. The van der Waals surface area contributed by atoms with Crippen molar-refractivity contribution < 1.29 is 4.84 Å². The number of fused-ring (bicyclic) bond motifs is 1. The van der Waals surface area contributed by atoms with E-state index in [9.17, 15) is 0 Å². The molecule has 1 aliphatic carbocycles. The van der Waals surface area contributed by atoms with Gasteiger partial charge in [0.1, 0.15) is 5.76 Å². The molecule has 0 radical (unpaired) electrons. The zero-order valence-electron chi connectivity index (χ0n) is 10.6. The number of rotatable bonds is 4. The van der Waals surface area contributed by atoms with Crippen LogP contribution in [0.4, 0.5) is 0 Å². The zero-order chi connectivity index (χ0) is 12.3. The van der Waals surface area contributed by atoms with Crippen molar-refractivity contribution in [1.82, 2.24) is 0 Å². The molecule has 0 atom stereocenters. The predicted molar refractivity (Wildman–Crippen MR) is 71.2 cm³/mol. The Balaban J connectivity index is 2.14. The Morgan fingerprint density at radius 2 is 2.12 bits per heavy atom. The van der Waals surface area contributed by atoms with E-state index in [1.165, 1.54) is 30.4 Å². The monoisotopic (exact) mass is 229 g/mol. The van der Waals surface area contributed by atoms with Crippen LogP contribution in [-0.2, 0) is 17.7 Å². The van der Waals surface area contributed by atoms with Crippen molar-refractivity contribution in [3.05, 3.63) is 47.2 Å². The van der Waals surface area contributed by atoms with Gasteiger partial charge < -0.3 is 4.84 Å². The second-order valence-corrected chi connectivity index (χ2v) is 4.50. The Labute approximate surface area is 103 Å². The molecule has 0 bridgehead atoms. The van der Waals surface area contributed by atoms with Gasteiger partial charge in [0, 0.05) is 6.42 Å². The molecule has 17 heavy (non-hydrogen) atoms. The van der Waals surface area contributed by atoms with E-state index in [-0.39, 0.29) is 0 Å². The smallest absolute Gasteiger partial charge is 0.127 e. The molecule has 1 aliphatic rings. The van der Waals surface area contributed by atoms with Crippen molar-refractivity contribution in [3.8, 4) is 0 Å². The Morgan fingerprint density at radius 1 is 1.35 bits per heavy atom. The molecule has 90 valence electrons. The van der Waals surface area contributed by atoms with E-state index in [1.54, 1.807) is 0 Å². The number of allylic oxidation sites excluding steroid dienone is 1. The average molecular weight is 229 g/mol. The minimum atomic E-state index is 0.700. The van der Waals surface area contributed by atoms with Crippen LogP contribution in [0, 0.1) is 0 Å². The maximum absolute atomic E-state index is 5.22. The fourth-order valence-corrected chi connectivity index (χ4v) is 2.05. The molecular formula is C15H19NO. The maximum Gasteiger partial charge on any atom is 0.127 e. The van der Waals surface area contributed by atoms with Gasteiger partial charge in [-0.3, -0.25) is 0 Å². The lowest BCUT2D eigenvalue weighted by Crippen LogP contribution is -1.98. The van der Waals surface area contributed by atoms with E-state index in [0.717, 1.165) is 17.7 Å². The first kappa shape index (κ1) is 11.9. The summed E-state index contributed by atoms with van der Waals surface area (Å²) in [6, 6.07) is 6.58. The summed E-state index contributed by atoms with van der Waals surface area (Å²) in [5.41, 5.74) is 5.01. The molecule has 0 aliphatic heterocycles. The summed E-state index contributed by atoms with van der Waals surface area (Å²) in [6.07, 6.45) is 4.48. The highest BCUT2D eigenvalue weighted by atomic mass is 16.6. The molecule has 0 aromatic heterocycles. The number of aryl methyl sites for hydroxylation is 2. The fraction of sp³-hybridized carbons (Fsp3) is 0.400. The van der Waals surface area contributed by atoms with Gasteiger partial charge >= 0.3 is 0 Å². The topological polar surface area (TPSA) is 21.6 Å². The number of oxime groups is 1. The van der Waals surface area contributed by atoms with E-state index >= 15 is 0 Å². The van der Waals surface area contributed by atoms with E-state index in [2.05, 4.69) is 29.9 Å². The number of hydrogen-bond acceptors (Lipinski definition) is 2. The molecule has 2 nitrogen and oxygen atoms in total. The lowest BCUT2D eigenvalue weighted by molar-refractivity contribution is 0.221. The third kappa shape index (κ3) is 2.76. The van der Waals surface area contributed by atoms with Crippen LogP contribution in [0.15, 0.2) is 35.7 Å². The van der Waals surface area contributed by atoms with Crippen molar-refractivity contribution in [1.29, 1.82) is 0 Å². The number of benzene rings is 1. The van der Waals surface area contributed by atoms with Gasteiger partial charge in [0.15, 0.2) is 0 Å². The van der Waals surface area contributed by atoms with Crippen LogP contribution >= 0.6 is 0 Å². The lowest BCUT2D eigenvalue weighted by atomic mass is 10.0. The Hall–Kier alpha value is -1.57. The minimum Gasteiger partial charge on any atom is -0.362 e. The molecule has 1 aromatic rings. The molecule has 2 rings (SSSR count). The number of hydrogen-bond donors (Lipinski definition) is 0. The molecule has 0 saturated heterocycles.